The van der Waals surface area contributed by atoms with Gasteiger partial charge in [-0.3, -0.25) is 4.90 Å². The van der Waals surface area contributed by atoms with Crippen LogP contribution in [0.3, 0.4) is 0 Å². The molecule has 0 spiro atoms. The van der Waals surface area contributed by atoms with Crippen molar-refractivity contribution in [3.05, 3.63) is 0 Å². The predicted octanol–water partition coefficient (Wildman–Crippen LogP) is 1.63. The van der Waals surface area contributed by atoms with Crippen LogP contribution in [0, 0.1) is 5.92 Å². The molecule has 0 aliphatic carbocycles. The summed E-state index contributed by atoms with van der Waals surface area (Å²) < 4.78 is 6.10. The van der Waals surface area contributed by atoms with Gasteiger partial charge in [-0.05, 0) is 52.0 Å². The molecule has 1 unspecified atom stereocenters. The van der Waals surface area contributed by atoms with E-state index in [1.54, 1.807) is 0 Å². The van der Waals surface area contributed by atoms with Gasteiger partial charge < -0.3 is 10.1 Å². The van der Waals surface area contributed by atoms with Crippen LogP contribution >= 0.6 is 0 Å². The summed E-state index contributed by atoms with van der Waals surface area (Å²) in [5, 5.41) is 3.67. The SMILES string of the molecule is CC1(C)CCC(CN2C[C@@H]3CCCN[C@@H]3C2)O1. The summed E-state index contributed by atoms with van der Waals surface area (Å²) in [6.07, 6.45) is 5.72. The van der Waals surface area contributed by atoms with Crippen molar-refractivity contribution < 1.29 is 4.74 Å². The highest BCUT2D eigenvalue weighted by atomic mass is 16.5. The number of nitrogens with one attached hydrogen (secondary N) is 1. The standard InChI is InChI=1S/C14H26N2O/c1-14(2)6-5-12(17-14)9-16-8-11-4-3-7-15-13(11)10-16/h11-13,15H,3-10H2,1-2H3/t11-,12?,13+/m0/s1. The molecule has 3 rings (SSSR count). The van der Waals surface area contributed by atoms with Crippen molar-refractivity contribution in [2.75, 3.05) is 26.2 Å². The molecule has 98 valence electrons. The van der Waals surface area contributed by atoms with E-state index in [0.29, 0.717) is 6.10 Å². The lowest BCUT2D eigenvalue weighted by Gasteiger charge is -2.24. The molecule has 3 aliphatic rings. The van der Waals surface area contributed by atoms with E-state index in [1.807, 2.05) is 0 Å². The molecule has 3 fully saturated rings. The first-order valence-electron chi connectivity index (χ1n) is 7.26. The first-order valence-corrected chi connectivity index (χ1v) is 7.26. The Balaban J connectivity index is 1.50. The second kappa shape index (κ2) is 4.52. The van der Waals surface area contributed by atoms with E-state index in [4.69, 9.17) is 4.74 Å². The normalized spacial score (nSPS) is 41.6. The fraction of sp³-hybridized carbons (Fsp3) is 1.00. The minimum absolute atomic E-state index is 0.120. The first kappa shape index (κ1) is 11.9. The fourth-order valence-corrected chi connectivity index (χ4v) is 3.78. The Bertz CT molecular complexity index is 265. The van der Waals surface area contributed by atoms with E-state index in [-0.39, 0.29) is 5.60 Å². The monoisotopic (exact) mass is 238 g/mol. The fourth-order valence-electron chi connectivity index (χ4n) is 3.78. The Labute approximate surface area is 105 Å². The van der Waals surface area contributed by atoms with Gasteiger partial charge in [0.1, 0.15) is 0 Å². The average Bonchev–Trinajstić information content (AvgIpc) is 2.81. The van der Waals surface area contributed by atoms with Gasteiger partial charge in [0.2, 0.25) is 0 Å². The van der Waals surface area contributed by atoms with Crippen molar-refractivity contribution in [3.8, 4) is 0 Å². The Kier molecular flexibility index (Phi) is 3.18. The van der Waals surface area contributed by atoms with Gasteiger partial charge in [-0.15, -0.1) is 0 Å². The van der Waals surface area contributed by atoms with Crippen LogP contribution in [0.1, 0.15) is 39.5 Å². The second-order valence-corrected chi connectivity index (χ2v) is 6.72. The number of likely N-dealkylation sites (tertiary alicyclic amines) is 1. The lowest BCUT2D eigenvalue weighted by atomic mass is 9.94. The van der Waals surface area contributed by atoms with Crippen molar-refractivity contribution in [2.24, 2.45) is 5.92 Å². The summed E-state index contributed by atoms with van der Waals surface area (Å²) in [4.78, 5) is 2.62. The number of piperidine rings is 1. The summed E-state index contributed by atoms with van der Waals surface area (Å²) in [5.41, 5.74) is 0.120. The Morgan fingerprint density at radius 3 is 2.88 bits per heavy atom. The van der Waals surface area contributed by atoms with Gasteiger partial charge in [0, 0.05) is 25.7 Å². The maximum atomic E-state index is 6.10. The molecule has 3 atom stereocenters. The van der Waals surface area contributed by atoms with Crippen molar-refractivity contribution in [2.45, 2.75) is 57.3 Å². The highest BCUT2D eigenvalue weighted by Crippen LogP contribution is 2.31. The molecular formula is C14H26N2O. The number of nitrogens with zero attached hydrogens (tertiary/aromatic N) is 1. The molecule has 0 amide bonds. The molecular weight excluding hydrogens is 212 g/mol. The van der Waals surface area contributed by atoms with E-state index in [1.165, 1.54) is 45.3 Å². The topological polar surface area (TPSA) is 24.5 Å². The average molecular weight is 238 g/mol. The van der Waals surface area contributed by atoms with Gasteiger partial charge in [0.05, 0.1) is 11.7 Å². The molecule has 0 bridgehead atoms. The maximum absolute atomic E-state index is 6.10. The minimum Gasteiger partial charge on any atom is -0.371 e. The van der Waals surface area contributed by atoms with Crippen LogP contribution in [0.5, 0.6) is 0 Å². The largest absolute Gasteiger partial charge is 0.371 e. The molecule has 1 N–H and O–H groups in total. The summed E-state index contributed by atoms with van der Waals surface area (Å²) in [5.74, 6) is 0.901. The van der Waals surface area contributed by atoms with Crippen LogP contribution in [0.4, 0.5) is 0 Å². The molecule has 3 heterocycles. The first-order chi connectivity index (χ1) is 8.12. The van der Waals surface area contributed by atoms with Gasteiger partial charge in [-0.1, -0.05) is 0 Å². The van der Waals surface area contributed by atoms with Crippen molar-refractivity contribution >= 4 is 0 Å². The van der Waals surface area contributed by atoms with Crippen LogP contribution in [0.15, 0.2) is 0 Å². The molecule has 3 saturated heterocycles. The van der Waals surface area contributed by atoms with Crippen LogP contribution in [0.2, 0.25) is 0 Å². The highest BCUT2D eigenvalue weighted by molar-refractivity contribution is 4.93. The molecule has 17 heavy (non-hydrogen) atoms. The van der Waals surface area contributed by atoms with Gasteiger partial charge >= 0.3 is 0 Å². The van der Waals surface area contributed by atoms with E-state index >= 15 is 0 Å². The highest BCUT2D eigenvalue weighted by Gasteiger charge is 2.37. The number of ether oxygens (including phenoxy) is 1. The molecule has 0 aromatic carbocycles. The third-order valence-electron chi connectivity index (χ3n) is 4.69. The van der Waals surface area contributed by atoms with Crippen molar-refractivity contribution in [1.29, 1.82) is 0 Å². The summed E-state index contributed by atoms with van der Waals surface area (Å²) in [6.45, 7) is 9.35. The molecule has 0 radical (unpaired) electrons. The maximum Gasteiger partial charge on any atom is 0.0710 e. The van der Waals surface area contributed by atoms with Crippen LogP contribution in [-0.4, -0.2) is 48.8 Å². The zero-order valence-electron chi connectivity index (χ0n) is 11.2. The minimum atomic E-state index is 0.120. The number of fused-ring (bicyclic) bond motifs is 1. The van der Waals surface area contributed by atoms with Crippen molar-refractivity contribution in [3.63, 3.8) is 0 Å². The molecule has 0 aromatic heterocycles. The quantitative estimate of drug-likeness (QED) is 0.791. The summed E-state index contributed by atoms with van der Waals surface area (Å²) in [7, 11) is 0. The summed E-state index contributed by atoms with van der Waals surface area (Å²) >= 11 is 0. The van der Waals surface area contributed by atoms with Gasteiger partial charge in [-0.2, -0.15) is 0 Å². The second-order valence-electron chi connectivity index (χ2n) is 6.72. The predicted molar refractivity (Wildman–Crippen MR) is 69.1 cm³/mol. The van der Waals surface area contributed by atoms with Crippen LogP contribution < -0.4 is 5.32 Å². The summed E-state index contributed by atoms with van der Waals surface area (Å²) in [6, 6.07) is 0.762. The number of hydrogen-bond acceptors (Lipinski definition) is 3. The van der Waals surface area contributed by atoms with Gasteiger partial charge in [-0.25, -0.2) is 0 Å². The third kappa shape index (κ3) is 2.67. The van der Waals surface area contributed by atoms with E-state index in [0.717, 1.165) is 18.5 Å². The zero-order valence-corrected chi connectivity index (χ0v) is 11.2. The Hall–Kier alpha value is -0.120. The van der Waals surface area contributed by atoms with E-state index in [2.05, 4.69) is 24.1 Å². The third-order valence-corrected chi connectivity index (χ3v) is 4.69. The van der Waals surface area contributed by atoms with Crippen LogP contribution in [0.25, 0.3) is 0 Å². The van der Waals surface area contributed by atoms with Crippen molar-refractivity contribution in [1.82, 2.24) is 10.2 Å². The van der Waals surface area contributed by atoms with Gasteiger partial charge in [0.15, 0.2) is 0 Å². The molecule has 0 saturated carbocycles. The van der Waals surface area contributed by atoms with E-state index < -0.39 is 0 Å². The molecule has 0 aromatic rings. The van der Waals surface area contributed by atoms with E-state index in [9.17, 15) is 0 Å². The van der Waals surface area contributed by atoms with Crippen LogP contribution in [-0.2, 0) is 4.74 Å². The lowest BCUT2D eigenvalue weighted by molar-refractivity contribution is -0.0266. The number of rotatable bonds is 2. The Morgan fingerprint density at radius 1 is 1.29 bits per heavy atom. The zero-order chi connectivity index (χ0) is 11.9. The molecule has 3 aliphatic heterocycles. The Morgan fingerprint density at radius 2 is 2.18 bits per heavy atom. The smallest absolute Gasteiger partial charge is 0.0710 e. The lowest BCUT2D eigenvalue weighted by Crippen LogP contribution is -2.41. The molecule has 3 nitrogen and oxygen atoms in total. The van der Waals surface area contributed by atoms with Gasteiger partial charge in [0.25, 0.3) is 0 Å². The molecule has 3 heteroatoms. The number of hydrogen-bond donors (Lipinski definition) is 1.